The summed E-state index contributed by atoms with van der Waals surface area (Å²) >= 11 is 1.38. The fraction of sp³-hybridized carbons (Fsp3) is 0.250. The molecule has 0 aliphatic heterocycles. The van der Waals surface area contributed by atoms with Crippen molar-refractivity contribution in [3.05, 3.63) is 46.9 Å². The largest absolute Gasteiger partial charge is 0.349 e. The highest BCUT2D eigenvalue weighted by molar-refractivity contribution is 7.16. The number of carbonyl (C=O) groups excluding carboxylic acids is 1. The number of aromatic nitrogens is 2. The molecule has 1 amide bonds. The number of benzene rings is 1. The minimum absolute atomic E-state index is 0.0365. The highest BCUT2D eigenvalue weighted by Crippen LogP contribution is 2.27. The van der Waals surface area contributed by atoms with E-state index in [1.165, 1.54) is 17.4 Å². The minimum Gasteiger partial charge on any atom is -0.349 e. The predicted molar refractivity (Wildman–Crippen MR) is 84.1 cm³/mol. The summed E-state index contributed by atoms with van der Waals surface area (Å²) in [6.45, 7) is 1.85. The summed E-state index contributed by atoms with van der Waals surface area (Å²) in [5.41, 5.74) is 1.91. The summed E-state index contributed by atoms with van der Waals surface area (Å²) in [6, 6.07) is 7.38. The van der Waals surface area contributed by atoms with E-state index < -0.39 is 0 Å². The summed E-state index contributed by atoms with van der Waals surface area (Å²) in [4.78, 5) is 16.9. The van der Waals surface area contributed by atoms with Crippen LogP contribution in [0.3, 0.4) is 0 Å². The molecule has 0 radical (unpaired) electrons. The third kappa shape index (κ3) is 2.29. The standard InChI is InChI=1S/C16H14FN3OS/c1-9-6-11(17)15-12(7-9)20(8-18-15)14-5-4-13(22-14)16(21)19-10-2-3-10/h4-8,10H,2-3H2,1H3,(H,19,21). The van der Waals surface area contributed by atoms with Gasteiger partial charge in [-0.1, -0.05) is 0 Å². The minimum atomic E-state index is -0.322. The Morgan fingerprint density at radius 3 is 3.00 bits per heavy atom. The van der Waals surface area contributed by atoms with E-state index in [9.17, 15) is 9.18 Å². The van der Waals surface area contributed by atoms with Crippen molar-refractivity contribution in [2.45, 2.75) is 25.8 Å². The predicted octanol–water partition coefficient (Wildman–Crippen LogP) is 3.43. The van der Waals surface area contributed by atoms with E-state index in [4.69, 9.17) is 0 Å². The van der Waals surface area contributed by atoms with Crippen molar-refractivity contribution >= 4 is 28.3 Å². The highest BCUT2D eigenvalue weighted by Gasteiger charge is 2.24. The topological polar surface area (TPSA) is 46.9 Å². The number of carbonyl (C=O) groups is 1. The Kier molecular flexibility index (Phi) is 3.00. The SMILES string of the molecule is Cc1cc(F)c2ncn(-c3ccc(C(=O)NC4CC4)s3)c2c1. The number of thiophene rings is 1. The number of hydrogen-bond donors (Lipinski definition) is 1. The summed E-state index contributed by atoms with van der Waals surface area (Å²) in [7, 11) is 0. The van der Waals surface area contributed by atoms with E-state index in [1.807, 2.05) is 23.6 Å². The number of nitrogens with one attached hydrogen (secondary N) is 1. The zero-order chi connectivity index (χ0) is 15.3. The van der Waals surface area contributed by atoms with Crippen LogP contribution in [0.25, 0.3) is 16.0 Å². The van der Waals surface area contributed by atoms with Gasteiger partial charge in [0.05, 0.1) is 10.4 Å². The second-order valence-electron chi connectivity index (χ2n) is 5.61. The van der Waals surface area contributed by atoms with Crippen LogP contribution in [0.4, 0.5) is 4.39 Å². The van der Waals surface area contributed by atoms with Gasteiger partial charge < -0.3 is 5.32 Å². The average molecular weight is 315 g/mol. The molecular weight excluding hydrogens is 301 g/mol. The first kappa shape index (κ1) is 13.5. The molecule has 0 bridgehead atoms. The van der Waals surface area contributed by atoms with Crippen LogP contribution in [0, 0.1) is 12.7 Å². The Morgan fingerprint density at radius 1 is 1.41 bits per heavy atom. The van der Waals surface area contributed by atoms with Crippen molar-refractivity contribution in [2.75, 3.05) is 0 Å². The van der Waals surface area contributed by atoms with Crippen LogP contribution >= 0.6 is 11.3 Å². The number of amides is 1. The van der Waals surface area contributed by atoms with E-state index in [0.717, 1.165) is 23.4 Å². The molecule has 22 heavy (non-hydrogen) atoms. The van der Waals surface area contributed by atoms with Crippen LogP contribution in [0.1, 0.15) is 28.1 Å². The fourth-order valence-electron chi connectivity index (χ4n) is 2.44. The van der Waals surface area contributed by atoms with Gasteiger partial charge >= 0.3 is 0 Å². The van der Waals surface area contributed by atoms with Crippen molar-refractivity contribution in [1.29, 1.82) is 0 Å². The second kappa shape index (κ2) is 4.91. The lowest BCUT2D eigenvalue weighted by Crippen LogP contribution is -2.24. The Labute approximate surface area is 130 Å². The summed E-state index contributed by atoms with van der Waals surface area (Å²) in [6.07, 6.45) is 3.73. The van der Waals surface area contributed by atoms with E-state index in [0.29, 0.717) is 22.0 Å². The molecule has 2 aromatic heterocycles. The fourth-order valence-corrected chi connectivity index (χ4v) is 3.34. The summed E-state index contributed by atoms with van der Waals surface area (Å²) in [5.74, 6) is -0.359. The molecule has 6 heteroatoms. The number of rotatable bonds is 3. The van der Waals surface area contributed by atoms with Crippen LogP contribution < -0.4 is 5.32 Å². The maximum Gasteiger partial charge on any atom is 0.261 e. The number of halogens is 1. The molecule has 0 unspecified atom stereocenters. The number of imidazole rings is 1. The van der Waals surface area contributed by atoms with Gasteiger partial charge in [0.2, 0.25) is 0 Å². The van der Waals surface area contributed by atoms with E-state index in [1.54, 1.807) is 12.4 Å². The maximum absolute atomic E-state index is 13.9. The molecule has 3 aromatic rings. The van der Waals surface area contributed by atoms with Crippen molar-refractivity contribution in [1.82, 2.24) is 14.9 Å². The molecule has 4 nitrogen and oxygen atoms in total. The number of nitrogens with zero attached hydrogens (tertiary/aromatic N) is 2. The van der Waals surface area contributed by atoms with Gasteiger partial charge in [0.15, 0.2) is 5.82 Å². The van der Waals surface area contributed by atoms with Gasteiger partial charge in [-0.05, 0) is 49.6 Å². The van der Waals surface area contributed by atoms with Crippen molar-refractivity contribution in [3.63, 3.8) is 0 Å². The average Bonchev–Trinajstić information content (AvgIpc) is 3.00. The van der Waals surface area contributed by atoms with Crippen LogP contribution in [0.5, 0.6) is 0 Å². The lowest BCUT2D eigenvalue weighted by molar-refractivity contribution is 0.0955. The van der Waals surface area contributed by atoms with Crippen LogP contribution in [0.15, 0.2) is 30.6 Å². The molecule has 1 aromatic carbocycles. The van der Waals surface area contributed by atoms with Crippen molar-refractivity contribution in [2.24, 2.45) is 0 Å². The molecule has 0 atom stereocenters. The normalized spacial score (nSPS) is 14.5. The first-order valence-corrected chi connectivity index (χ1v) is 7.98. The third-order valence-electron chi connectivity index (χ3n) is 3.72. The molecule has 2 heterocycles. The zero-order valence-electron chi connectivity index (χ0n) is 12.0. The Balaban J connectivity index is 1.73. The quantitative estimate of drug-likeness (QED) is 0.805. The molecule has 0 saturated heterocycles. The molecule has 1 saturated carbocycles. The van der Waals surface area contributed by atoms with Crippen LogP contribution in [-0.4, -0.2) is 21.5 Å². The van der Waals surface area contributed by atoms with Gasteiger partial charge in [-0.2, -0.15) is 0 Å². The van der Waals surface area contributed by atoms with Crippen LogP contribution in [-0.2, 0) is 0 Å². The molecule has 112 valence electrons. The monoisotopic (exact) mass is 315 g/mol. The Hall–Kier alpha value is -2.21. The van der Waals surface area contributed by atoms with Gasteiger partial charge in [0, 0.05) is 6.04 Å². The van der Waals surface area contributed by atoms with Crippen molar-refractivity contribution < 1.29 is 9.18 Å². The molecule has 0 spiro atoms. The lowest BCUT2D eigenvalue weighted by Gasteiger charge is -2.02. The Morgan fingerprint density at radius 2 is 2.23 bits per heavy atom. The molecule has 1 N–H and O–H groups in total. The first-order valence-electron chi connectivity index (χ1n) is 7.16. The maximum atomic E-state index is 13.9. The number of hydrogen-bond acceptors (Lipinski definition) is 3. The molecule has 1 aliphatic carbocycles. The molecule has 1 fully saturated rings. The first-order chi connectivity index (χ1) is 10.6. The molecule has 4 rings (SSSR count). The van der Waals surface area contributed by atoms with E-state index in [2.05, 4.69) is 10.3 Å². The van der Waals surface area contributed by atoms with Crippen molar-refractivity contribution in [3.8, 4) is 5.00 Å². The number of aryl methyl sites for hydroxylation is 1. The van der Waals surface area contributed by atoms with Gasteiger partial charge in [0.25, 0.3) is 5.91 Å². The van der Waals surface area contributed by atoms with Gasteiger partial charge in [0.1, 0.15) is 16.8 Å². The van der Waals surface area contributed by atoms with E-state index >= 15 is 0 Å². The summed E-state index contributed by atoms with van der Waals surface area (Å²) < 4.78 is 15.7. The number of fused-ring (bicyclic) bond motifs is 1. The van der Waals surface area contributed by atoms with Gasteiger partial charge in [-0.3, -0.25) is 9.36 Å². The zero-order valence-corrected chi connectivity index (χ0v) is 12.8. The smallest absolute Gasteiger partial charge is 0.261 e. The van der Waals surface area contributed by atoms with Crippen LogP contribution in [0.2, 0.25) is 0 Å². The summed E-state index contributed by atoms with van der Waals surface area (Å²) in [5, 5.41) is 3.83. The second-order valence-corrected chi connectivity index (χ2v) is 6.68. The third-order valence-corrected chi connectivity index (χ3v) is 4.80. The molecular formula is C16H14FN3OS. The van der Waals surface area contributed by atoms with E-state index in [-0.39, 0.29) is 11.7 Å². The Bertz CT molecular complexity index is 879. The highest BCUT2D eigenvalue weighted by atomic mass is 32.1. The molecule has 1 aliphatic rings. The van der Waals surface area contributed by atoms with Gasteiger partial charge in [-0.25, -0.2) is 9.37 Å². The lowest BCUT2D eigenvalue weighted by atomic mass is 10.2. The van der Waals surface area contributed by atoms with Gasteiger partial charge in [-0.15, -0.1) is 11.3 Å².